The van der Waals surface area contributed by atoms with Gasteiger partial charge in [-0.05, 0) is 36.5 Å². The minimum absolute atomic E-state index is 0.000606. The Bertz CT molecular complexity index is 834. The highest BCUT2D eigenvalue weighted by Gasteiger charge is 2.27. The largest absolute Gasteiger partial charge is 0.428 e. The topological polar surface area (TPSA) is 58.0 Å². The molecule has 24 heavy (non-hydrogen) atoms. The first kappa shape index (κ1) is 15.2. The van der Waals surface area contributed by atoms with Crippen LogP contribution in [-0.2, 0) is 5.41 Å². The highest BCUT2D eigenvalue weighted by atomic mass is 16.4. The number of aromatic nitrogens is 3. The Balaban J connectivity index is 1.48. The molecule has 0 saturated carbocycles. The summed E-state index contributed by atoms with van der Waals surface area (Å²) in [7, 11) is 0. The van der Waals surface area contributed by atoms with Gasteiger partial charge in [-0.2, -0.15) is 0 Å². The van der Waals surface area contributed by atoms with Crippen LogP contribution in [0, 0.1) is 0 Å². The number of nitrogens with one attached hydrogen (secondary N) is 1. The molecule has 0 unspecified atom stereocenters. The third-order valence-electron chi connectivity index (χ3n) is 4.92. The summed E-state index contributed by atoms with van der Waals surface area (Å²) < 4.78 is 5.98. The number of hydrogen-bond donors (Lipinski definition) is 1. The zero-order chi connectivity index (χ0) is 16.7. The summed E-state index contributed by atoms with van der Waals surface area (Å²) in [5.41, 5.74) is 2.37. The number of hydrogen-bond acceptors (Lipinski definition) is 4. The van der Waals surface area contributed by atoms with E-state index in [1.807, 2.05) is 18.5 Å². The van der Waals surface area contributed by atoms with E-state index in [9.17, 15) is 0 Å². The Kier molecular flexibility index (Phi) is 3.59. The van der Waals surface area contributed by atoms with E-state index in [0.717, 1.165) is 43.4 Å². The van der Waals surface area contributed by atoms with Crippen molar-refractivity contribution in [3.63, 3.8) is 0 Å². The zero-order valence-corrected chi connectivity index (χ0v) is 14.5. The number of oxazole rings is 1. The number of rotatable bonds is 2. The van der Waals surface area contributed by atoms with E-state index in [2.05, 4.69) is 52.9 Å². The summed E-state index contributed by atoms with van der Waals surface area (Å²) in [6.07, 6.45) is 8.04. The minimum Gasteiger partial charge on any atom is -0.428 e. The Labute approximate surface area is 142 Å². The predicted molar refractivity (Wildman–Crippen MR) is 95.5 cm³/mol. The van der Waals surface area contributed by atoms with Crippen LogP contribution >= 0.6 is 0 Å². The maximum atomic E-state index is 5.98. The summed E-state index contributed by atoms with van der Waals surface area (Å²) >= 11 is 0. The molecule has 0 atom stereocenters. The molecule has 0 bridgehead atoms. The molecule has 1 N–H and O–H groups in total. The molecule has 0 amide bonds. The summed E-state index contributed by atoms with van der Waals surface area (Å²) in [6.45, 7) is 8.39. The van der Waals surface area contributed by atoms with E-state index < -0.39 is 0 Å². The molecule has 4 rings (SSSR count). The van der Waals surface area contributed by atoms with Gasteiger partial charge in [-0.25, -0.2) is 9.97 Å². The van der Waals surface area contributed by atoms with Gasteiger partial charge in [0.2, 0.25) is 0 Å². The van der Waals surface area contributed by atoms with E-state index in [-0.39, 0.29) is 5.41 Å². The first-order valence-electron chi connectivity index (χ1n) is 8.65. The lowest BCUT2D eigenvalue weighted by Crippen LogP contribution is -2.33. The number of H-pyrrole nitrogens is 1. The van der Waals surface area contributed by atoms with Crippen LogP contribution in [0.3, 0.4) is 0 Å². The summed E-state index contributed by atoms with van der Waals surface area (Å²) in [6, 6.07) is 4.93. The van der Waals surface area contributed by atoms with E-state index in [4.69, 9.17) is 4.42 Å². The molecule has 1 aliphatic heterocycles. The highest BCUT2D eigenvalue weighted by Crippen LogP contribution is 2.34. The van der Waals surface area contributed by atoms with Gasteiger partial charge in [0, 0.05) is 36.3 Å². The molecule has 3 aromatic rings. The van der Waals surface area contributed by atoms with Crippen molar-refractivity contribution < 1.29 is 4.42 Å². The molecular weight excluding hydrogens is 300 g/mol. The van der Waals surface area contributed by atoms with Gasteiger partial charge in [-0.1, -0.05) is 20.8 Å². The lowest BCUT2D eigenvalue weighted by Gasteiger charge is -2.31. The molecule has 0 aliphatic carbocycles. The van der Waals surface area contributed by atoms with Crippen molar-refractivity contribution in [2.24, 2.45) is 0 Å². The molecule has 5 heteroatoms. The number of fused-ring (bicyclic) bond motifs is 1. The van der Waals surface area contributed by atoms with Crippen LogP contribution in [0.1, 0.15) is 50.9 Å². The molecule has 0 spiro atoms. The molecule has 1 saturated heterocycles. The SMILES string of the molecule is CC(C)(C)c1cnc(N2CCC(c3c[nH]c4ncccc34)CC2)o1. The van der Waals surface area contributed by atoms with Gasteiger partial charge in [-0.3, -0.25) is 0 Å². The van der Waals surface area contributed by atoms with Crippen molar-refractivity contribution in [2.45, 2.75) is 44.9 Å². The Hall–Kier alpha value is -2.30. The van der Waals surface area contributed by atoms with Gasteiger partial charge >= 0.3 is 0 Å². The van der Waals surface area contributed by atoms with Crippen LogP contribution in [0.15, 0.2) is 35.1 Å². The second kappa shape index (κ2) is 5.65. The van der Waals surface area contributed by atoms with E-state index in [0.29, 0.717) is 5.92 Å². The normalized spacial score (nSPS) is 16.9. The molecule has 0 radical (unpaired) electrons. The monoisotopic (exact) mass is 324 g/mol. The van der Waals surface area contributed by atoms with Crippen LogP contribution in [-0.4, -0.2) is 28.0 Å². The van der Waals surface area contributed by atoms with Crippen molar-refractivity contribution in [2.75, 3.05) is 18.0 Å². The average molecular weight is 324 g/mol. The van der Waals surface area contributed by atoms with Crippen LogP contribution in [0.4, 0.5) is 6.01 Å². The van der Waals surface area contributed by atoms with Crippen molar-refractivity contribution >= 4 is 17.0 Å². The van der Waals surface area contributed by atoms with Gasteiger partial charge < -0.3 is 14.3 Å². The van der Waals surface area contributed by atoms with Gasteiger partial charge in [-0.15, -0.1) is 0 Å². The van der Waals surface area contributed by atoms with Gasteiger partial charge in [0.15, 0.2) is 0 Å². The summed E-state index contributed by atoms with van der Waals surface area (Å²) in [4.78, 5) is 14.4. The lowest BCUT2D eigenvalue weighted by atomic mass is 9.90. The van der Waals surface area contributed by atoms with E-state index in [1.54, 1.807) is 0 Å². The Morgan fingerprint density at radius 3 is 2.71 bits per heavy atom. The molecular formula is C19H24N4O. The summed E-state index contributed by atoms with van der Waals surface area (Å²) in [5.74, 6) is 1.51. The first-order chi connectivity index (χ1) is 11.5. The Morgan fingerprint density at radius 1 is 1.21 bits per heavy atom. The zero-order valence-electron chi connectivity index (χ0n) is 14.5. The third kappa shape index (κ3) is 2.68. The van der Waals surface area contributed by atoms with Crippen LogP contribution in [0.5, 0.6) is 0 Å². The van der Waals surface area contributed by atoms with Crippen LogP contribution < -0.4 is 4.90 Å². The van der Waals surface area contributed by atoms with Crippen molar-refractivity contribution in [3.8, 4) is 0 Å². The van der Waals surface area contributed by atoms with Crippen LogP contribution in [0.2, 0.25) is 0 Å². The van der Waals surface area contributed by atoms with E-state index in [1.165, 1.54) is 10.9 Å². The number of piperidine rings is 1. The minimum atomic E-state index is 0.000606. The van der Waals surface area contributed by atoms with Gasteiger partial charge in [0.1, 0.15) is 11.4 Å². The average Bonchev–Trinajstić information content (AvgIpc) is 3.22. The maximum Gasteiger partial charge on any atom is 0.297 e. The number of anilines is 1. The molecule has 4 heterocycles. The van der Waals surface area contributed by atoms with Crippen molar-refractivity contribution in [1.29, 1.82) is 0 Å². The van der Waals surface area contributed by atoms with Crippen molar-refractivity contribution in [1.82, 2.24) is 15.0 Å². The molecule has 0 aromatic carbocycles. The maximum absolute atomic E-state index is 5.98. The predicted octanol–water partition coefficient (Wildman–Crippen LogP) is 4.23. The standard InChI is InChI=1S/C19H24N4O/c1-19(2,3)16-12-22-18(24-16)23-9-6-13(7-10-23)15-11-21-17-14(15)5-4-8-20-17/h4-5,8,11-13H,6-7,9-10H2,1-3H3,(H,20,21). The fourth-order valence-corrected chi connectivity index (χ4v) is 3.45. The number of aromatic amines is 1. The van der Waals surface area contributed by atoms with Crippen molar-refractivity contribution in [3.05, 3.63) is 42.0 Å². The van der Waals surface area contributed by atoms with E-state index >= 15 is 0 Å². The fraction of sp³-hybridized carbons (Fsp3) is 0.474. The number of pyridine rings is 1. The smallest absolute Gasteiger partial charge is 0.297 e. The van der Waals surface area contributed by atoms with Gasteiger partial charge in [0.25, 0.3) is 6.01 Å². The quantitative estimate of drug-likeness (QED) is 0.766. The highest BCUT2D eigenvalue weighted by molar-refractivity contribution is 5.80. The second-order valence-corrected chi connectivity index (χ2v) is 7.66. The molecule has 1 fully saturated rings. The summed E-state index contributed by atoms with van der Waals surface area (Å²) in [5, 5.41) is 1.25. The molecule has 1 aliphatic rings. The Morgan fingerprint density at radius 2 is 2.00 bits per heavy atom. The molecule has 5 nitrogen and oxygen atoms in total. The first-order valence-corrected chi connectivity index (χ1v) is 8.65. The molecule has 3 aromatic heterocycles. The number of nitrogens with zero attached hydrogens (tertiary/aromatic N) is 3. The fourth-order valence-electron chi connectivity index (χ4n) is 3.45. The third-order valence-corrected chi connectivity index (χ3v) is 4.92. The second-order valence-electron chi connectivity index (χ2n) is 7.66. The molecule has 126 valence electrons. The lowest BCUT2D eigenvalue weighted by molar-refractivity contribution is 0.393. The van der Waals surface area contributed by atoms with Crippen LogP contribution in [0.25, 0.3) is 11.0 Å². The van der Waals surface area contributed by atoms with Gasteiger partial charge in [0.05, 0.1) is 6.20 Å².